The first-order valence-corrected chi connectivity index (χ1v) is 8.75. The molecule has 1 aromatic carbocycles. The molecule has 0 aliphatic heterocycles. The van der Waals surface area contributed by atoms with E-state index in [-0.39, 0.29) is 11.2 Å². The molecule has 1 fully saturated rings. The van der Waals surface area contributed by atoms with Gasteiger partial charge < -0.3 is 4.57 Å². The molecular formula is C16H19BrClFN2. The lowest BCUT2D eigenvalue weighted by Gasteiger charge is -2.21. The van der Waals surface area contributed by atoms with E-state index in [1.807, 2.05) is 6.92 Å². The van der Waals surface area contributed by atoms with E-state index >= 15 is 0 Å². The van der Waals surface area contributed by atoms with Crippen molar-refractivity contribution in [2.75, 3.05) is 0 Å². The molecule has 2 aromatic rings. The topological polar surface area (TPSA) is 17.8 Å². The van der Waals surface area contributed by atoms with Crippen LogP contribution in [0, 0.1) is 11.7 Å². The molecule has 1 aromatic heterocycles. The van der Waals surface area contributed by atoms with Crippen LogP contribution >= 0.6 is 27.5 Å². The SMILES string of the molecule is CCC(CC1CC1)n1c(C(C)Cl)nc2cc(Br)c(F)cc21. The molecule has 114 valence electrons. The van der Waals surface area contributed by atoms with Crippen LogP contribution in [-0.2, 0) is 0 Å². The Bertz CT molecular complexity index is 664. The van der Waals surface area contributed by atoms with Crippen LogP contribution in [0.3, 0.4) is 0 Å². The second kappa shape index (κ2) is 5.88. The fourth-order valence-corrected chi connectivity index (χ4v) is 3.45. The van der Waals surface area contributed by atoms with E-state index in [2.05, 4.69) is 32.4 Å². The zero-order valence-electron chi connectivity index (χ0n) is 12.2. The summed E-state index contributed by atoms with van der Waals surface area (Å²) in [6.07, 6.45) is 4.77. The third-order valence-corrected chi connectivity index (χ3v) is 5.06. The first-order valence-electron chi connectivity index (χ1n) is 7.52. The second-order valence-electron chi connectivity index (χ2n) is 5.95. The lowest BCUT2D eigenvalue weighted by Crippen LogP contribution is -2.13. The minimum atomic E-state index is -0.251. The molecule has 5 heteroatoms. The van der Waals surface area contributed by atoms with Gasteiger partial charge in [0.25, 0.3) is 0 Å². The molecule has 1 aliphatic carbocycles. The van der Waals surface area contributed by atoms with Crippen LogP contribution in [0.15, 0.2) is 16.6 Å². The monoisotopic (exact) mass is 372 g/mol. The predicted molar refractivity (Wildman–Crippen MR) is 88.3 cm³/mol. The van der Waals surface area contributed by atoms with Crippen molar-refractivity contribution in [3.05, 3.63) is 28.2 Å². The molecule has 2 atom stereocenters. The van der Waals surface area contributed by atoms with Crippen molar-refractivity contribution in [1.29, 1.82) is 0 Å². The largest absolute Gasteiger partial charge is 0.324 e. The molecule has 2 nitrogen and oxygen atoms in total. The summed E-state index contributed by atoms with van der Waals surface area (Å²) in [6, 6.07) is 3.66. The molecular weight excluding hydrogens is 355 g/mol. The van der Waals surface area contributed by atoms with Gasteiger partial charge in [0.05, 0.1) is 20.9 Å². The van der Waals surface area contributed by atoms with E-state index in [0.717, 1.165) is 35.6 Å². The standard InChI is InChI=1S/C16H19BrClFN2/c1-3-11(6-10-4-5-10)21-15-8-13(19)12(17)7-14(15)20-16(21)9(2)18/h7-11H,3-6H2,1-2H3. The summed E-state index contributed by atoms with van der Waals surface area (Å²) in [5.41, 5.74) is 1.66. The number of fused-ring (bicyclic) bond motifs is 1. The first-order chi connectivity index (χ1) is 10.0. The number of hydrogen-bond donors (Lipinski definition) is 0. The molecule has 2 unspecified atom stereocenters. The van der Waals surface area contributed by atoms with Gasteiger partial charge in [0.2, 0.25) is 0 Å². The average Bonchev–Trinajstić information content (AvgIpc) is 3.18. The lowest BCUT2D eigenvalue weighted by atomic mass is 10.1. The van der Waals surface area contributed by atoms with E-state index in [4.69, 9.17) is 11.6 Å². The van der Waals surface area contributed by atoms with Gasteiger partial charge in [-0.1, -0.05) is 19.8 Å². The molecule has 1 saturated carbocycles. The molecule has 0 spiro atoms. The zero-order valence-corrected chi connectivity index (χ0v) is 14.6. The van der Waals surface area contributed by atoms with Crippen LogP contribution in [0.5, 0.6) is 0 Å². The Labute approximate surface area is 137 Å². The van der Waals surface area contributed by atoms with Crippen molar-refractivity contribution in [3.8, 4) is 0 Å². The maximum absolute atomic E-state index is 14.0. The Morgan fingerprint density at radius 1 is 1.48 bits per heavy atom. The van der Waals surface area contributed by atoms with E-state index in [9.17, 15) is 4.39 Å². The summed E-state index contributed by atoms with van der Waals surface area (Å²) in [5, 5.41) is -0.188. The van der Waals surface area contributed by atoms with E-state index in [1.54, 1.807) is 12.1 Å². The molecule has 3 rings (SSSR count). The van der Waals surface area contributed by atoms with Crippen molar-refractivity contribution in [3.63, 3.8) is 0 Å². The molecule has 1 aliphatic rings. The van der Waals surface area contributed by atoms with Crippen LogP contribution in [0.4, 0.5) is 4.39 Å². The summed E-state index contributed by atoms with van der Waals surface area (Å²) in [7, 11) is 0. The van der Waals surface area contributed by atoms with E-state index in [1.165, 1.54) is 12.8 Å². The number of rotatable bonds is 5. The van der Waals surface area contributed by atoms with Crippen molar-refractivity contribution in [2.24, 2.45) is 5.92 Å². The summed E-state index contributed by atoms with van der Waals surface area (Å²) in [6.45, 7) is 4.10. The van der Waals surface area contributed by atoms with Crippen LogP contribution in [0.1, 0.15) is 56.8 Å². The number of imidazole rings is 1. The van der Waals surface area contributed by atoms with Crippen molar-refractivity contribution in [2.45, 2.75) is 50.9 Å². The minimum Gasteiger partial charge on any atom is -0.324 e. The number of halogens is 3. The minimum absolute atomic E-state index is 0.188. The molecule has 1 heterocycles. The van der Waals surface area contributed by atoms with Crippen molar-refractivity contribution >= 4 is 38.6 Å². The maximum Gasteiger partial charge on any atom is 0.139 e. The Balaban J connectivity index is 2.16. The molecule has 21 heavy (non-hydrogen) atoms. The zero-order chi connectivity index (χ0) is 15.1. The predicted octanol–water partition coefficient (Wildman–Crippen LogP) is 5.99. The van der Waals surface area contributed by atoms with Crippen LogP contribution in [0.25, 0.3) is 11.0 Å². The van der Waals surface area contributed by atoms with Crippen LogP contribution in [0.2, 0.25) is 0 Å². The highest BCUT2D eigenvalue weighted by atomic mass is 79.9. The quantitative estimate of drug-likeness (QED) is 0.589. The van der Waals surface area contributed by atoms with Gasteiger partial charge in [-0.25, -0.2) is 9.37 Å². The fraction of sp³-hybridized carbons (Fsp3) is 0.562. The van der Waals surface area contributed by atoms with Gasteiger partial charge in [-0.3, -0.25) is 0 Å². The number of hydrogen-bond acceptors (Lipinski definition) is 1. The Morgan fingerprint density at radius 2 is 2.19 bits per heavy atom. The van der Waals surface area contributed by atoms with Gasteiger partial charge in [-0.2, -0.15) is 0 Å². The van der Waals surface area contributed by atoms with E-state index in [0.29, 0.717) is 10.5 Å². The normalized spacial score (nSPS) is 18.1. The van der Waals surface area contributed by atoms with Gasteiger partial charge >= 0.3 is 0 Å². The number of nitrogens with zero attached hydrogens (tertiary/aromatic N) is 2. The second-order valence-corrected chi connectivity index (χ2v) is 7.46. The van der Waals surface area contributed by atoms with Gasteiger partial charge in [-0.15, -0.1) is 11.6 Å². The number of aromatic nitrogens is 2. The van der Waals surface area contributed by atoms with Gasteiger partial charge in [0.15, 0.2) is 0 Å². The summed E-state index contributed by atoms with van der Waals surface area (Å²) in [5.74, 6) is 1.40. The summed E-state index contributed by atoms with van der Waals surface area (Å²) >= 11 is 9.56. The number of benzene rings is 1. The molecule has 0 saturated heterocycles. The molecule has 0 N–H and O–H groups in total. The van der Waals surface area contributed by atoms with Gasteiger partial charge in [-0.05, 0) is 47.7 Å². The van der Waals surface area contributed by atoms with Crippen LogP contribution < -0.4 is 0 Å². The highest BCUT2D eigenvalue weighted by molar-refractivity contribution is 9.10. The van der Waals surface area contributed by atoms with Crippen LogP contribution in [-0.4, -0.2) is 9.55 Å². The average molecular weight is 374 g/mol. The highest BCUT2D eigenvalue weighted by Crippen LogP contribution is 2.40. The Kier molecular flexibility index (Phi) is 4.28. The third-order valence-electron chi connectivity index (χ3n) is 4.25. The number of alkyl halides is 1. The van der Waals surface area contributed by atoms with Crippen molar-refractivity contribution in [1.82, 2.24) is 9.55 Å². The smallest absolute Gasteiger partial charge is 0.139 e. The first kappa shape index (κ1) is 15.3. The van der Waals surface area contributed by atoms with E-state index < -0.39 is 0 Å². The fourth-order valence-electron chi connectivity index (χ4n) is 2.97. The van der Waals surface area contributed by atoms with Gasteiger partial charge in [0, 0.05) is 12.1 Å². The summed E-state index contributed by atoms with van der Waals surface area (Å²) in [4.78, 5) is 4.65. The maximum atomic E-state index is 14.0. The summed E-state index contributed by atoms with van der Waals surface area (Å²) < 4.78 is 16.6. The molecule has 0 amide bonds. The highest BCUT2D eigenvalue weighted by Gasteiger charge is 2.28. The van der Waals surface area contributed by atoms with Crippen molar-refractivity contribution < 1.29 is 4.39 Å². The molecule has 0 radical (unpaired) electrons. The Morgan fingerprint density at radius 3 is 2.76 bits per heavy atom. The third kappa shape index (κ3) is 2.98. The molecule has 0 bridgehead atoms. The lowest BCUT2D eigenvalue weighted by molar-refractivity contribution is 0.425. The Hall–Kier alpha value is -0.610. The van der Waals surface area contributed by atoms with Gasteiger partial charge in [0.1, 0.15) is 11.6 Å².